The summed E-state index contributed by atoms with van der Waals surface area (Å²) in [5.74, 6) is -0.283. The van der Waals surface area contributed by atoms with Crippen LogP contribution < -0.4 is 0 Å². The molecular formula is C16H24N2O3. The molecule has 0 radical (unpaired) electrons. The highest BCUT2D eigenvalue weighted by atomic mass is 16.5. The molecule has 0 bridgehead atoms. The van der Waals surface area contributed by atoms with Crippen LogP contribution in [0.2, 0.25) is 0 Å². The van der Waals surface area contributed by atoms with E-state index in [4.69, 9.17) is 4.74 Å². The maximum Gasteiger partial charge on any atom is 0.325 e. The van der Waals surface area contributed by atoms with Crippen molar-refractivity contribution in [3.8, 4) is 0 Å². The maximum absolute atomic E-state index is 11.6. The van der Waals surface area contributed by atoms with Crippen LogP contribution in [0.25, 0.3) is 0 Å². The number of carboxylic acid groups (broad SMARTS) is 1. The molecule has 21 heavy (non-hydrogen) atoms. The van der Waals surface area contributed by atoms with Gasteiger partial charge in [0, 0.05) is 32.1 Å². The quantitative estimate of drug-likeness (QED) is 0.872. The van der Waals surface area contributed by atoms with Gasteiger partial charge in [-0.15, -0.1) is 0 Å². The summed E-state index contributed by atoms with van der Waals surface area (Å²) in [5, 5.41) is 9.52. The summed E-state index contributed by atoms with van der Waals surface area (Å²) in [7, 11) is 0. The number of likely N-dealkylation sites (tertiary alicyclic amines) is 1. The first kappa shape index (κ1) is 15.9. The molecule has 0 amide bonds. The third-order valence-electron chi connectivity index (χ3n) is 3.74. The molecule has 1 atom stereocenters. The first-order chi connectivity index (χ1) is 10.1. The number of ether oxygens (including phenoxy) is 1. The van der Waals surface area contributed by atoms with Crippen molar-refractivity contribution >= 4 is 5.97 Å². The molecule has 0 aromatic carbocycles. The average Bonchev–Trinajstić information content (AvgIpc) is 2.47. The second kappa shape index (κ2) is 7.52. The Balaban J connectivity index is 1.94. The Kier molecular flexibility index (Phi) is 5.70. The van der Waals surface area contributed by atoms with Crippen molar-refractivity contribution in [3.63, 3.8) is 0 Å². The van der Waals surface area contributed by atoms with Gasteiger partial charge in [-0.05, 0) is 30.4 Å². The Morgan fingerprint density at radius 1 is 1.48 bits per heavy atom. The van der Waals surface area contributed by atoms with Crippen molar-refractivity contribution in [2.75, 3.05) is 19.7 Å². The van der Waals surface area contributed by atoms with Gasteiger partial charge in [-0.2, -0.15) is 0 Å². The molecule has 2 heterocycles. The monoisotopic (exact) mass is 292 g/mol. The number of aliphatic carboxylic acids is 1. The predicted octanol–water partition coefficient (Wildman–Crippen LogP) is 2.34. The third kappa shape index (κ3) is 4.51. The maximum atomic E-state index is 11.6. The molecule has 2 rings (SSSR count). The number of piperidine rings is 1. The van der Waals surface area contributed by atoms with Crippen LogP contribution in [-0.2, 0) is 9.53 Å². The molecule has 1 aliphatic heterocycles. The minimum Gasteiger partial charge on any atom is -0.480 e. The van der Waals surface area contributed by atoms with Crippen molar-refractivity contribution in [3.05, 3.63) is 30.1 Å². The van der Waals surface area contributed by atoms with Crippen LogP contribution in [0.1, 0.15) is 38.3 Å². The second-order valence-electron chi connectivity index (χ2n) is 5.99. The fraction of sp³-hybridized carbons (Fsp3) is 0.625. The SMILES string of the molecule is CC(C)COC1CCN(C(C(=O)O)c2cccnc2)CC1. The summed E-state index contributed by atoms with van der Waals surface area (Å²) in [6.45, 7) is 6.54. The summed E-state index contributed by atoms with van der Waals surface area (Å²) in [6, 6.07) is 3.00. The second-order valence-corrected chi connectivity index (χ2v) is 5.99. The number of rotatable bonds is 6. The Bertz CT molecular complexity index is 442. The number of carboxylic acids is 1. The van der Waals surface area contributed by atoms with Gasteiger partial charge in [0.2, 0.25) is 0 Å². The molecule has 0 spiro atoms. The van der Waals surface area contributed by atoms with Crippen LogP contribution >= 0.6 is 0 Å². The number of aromatic nitrogens is 1. The van der Waals surface area contributed by atoms with Crippen molar-refractivity contribution in [1.82, 2.24) is 9.88 Å². The fourth-order valence-electron chi connectivity index (χ4n) is 2.68. The third-order valence-corrected chi connectivity index (χ3v) is 3.74. The van der Waals surface area contributed by atoms with Gasteiger partial charge >= 0.3 is 5.97 Å². The smallest absolute Gasteiger partial charge is 0.325 e. The van der Waals surface area contributed by atoms with Crippen molar-refractivity contribution < 1.29 is 14.6 Å². The van der Waals surface area contributed by atoms with Crippen LogP contribution in [0.3, 0.4) is 0 Å². The molecule has 1 unspecified atom stereocenters. The molecule has 0 saturated carbocycles. The zero-order valence-corrected chi connectivity index (χ0v) is 12.7. The van der Waals surface area contributed by atoms with Gasteiger partial charge in [-0.25, -0.2) is 0 Å². The Morgan fingerprint density at radius 3 is 2.71 bits per heavy atom. The molecule has 1 aromatic rings. The van der Waals surface area contributed by atoms with E-state index in [9.17, 15) is 9.90 Å². The average molecular weight is 292 g/mol. The number of hydrogen-bond acceptors (Lipinski definition) is 4. The number of hydrogen-bond donors (Lipinski definition) is 1. The van der Waals surface area contributed by atoms with Gasteiger partial charge in [0.05, 0.1) is 6.10 Å². The Hall–Kier alpha value is -1.46. The van der Waals surface area contributed by atoms with Gasteiger partial charge in [0.15, 0.2) is 0 Å². The molecule has 1 aliphatic rings. The normalized spacial score (nSPS) is 18.8. The van der Waals surface area contributed by atoms with Gasteiger partial charge in [-0.3, -0.25) is 14.7 Å². The van der Waals surface area contributed by atoms with Crippen molar-refractivity contribution in [1.29, 1.82) is 0 Å². The molecule has 0 aliphatic carbocycles. The van der Waals surface area contributed by atoms with E-state index in [-0.39, 0.29) is 6.10 Å². The zero-order chi connectivity index (χ0) is 15.2. The topological polar surface area (TPSA) is 62.7 Å². The lowest BCUT2D eigenvalue weighted by Crippen LogP contribution is -2.42. The minimum atomic E-state index is -0.815. The molecule has 1 aromatic heterocycles. The lowest BCUT2D eigenvalue weighted by molar-refractivity contribution is -0.145. The van der Waals surface area contributed by atoms with Gasteiger partial charge < -0.3 is 9.84 Å². The molecule has 116 valence electrons. The van der Waals surface area contributed by atoms with E-state index in [1.165, 1.54) is 0 Å². The zero-order valence-electron chi connectivity index (χ0n) is 12.7. The molecule has 1 fully saturated rings. The lowest BCUT2D eigenvalue weighted by atomic mass is 10.0. The van der Waals surface area contributed by atoms with E-state index in [1.54, 1.807) is 18.5 Å². The fourth-order valence-corrected chi connectivity index (χ4v) is 2.68. The van der Waals surface area contributed by atoms with Crippen molar-refractivity contribution in [2.24, 2.45) is 5.92 Å². The number of nitrogens with zero attached hydrogens (tertiary/aromatic N) is 2. The lowest BCUT2D eigenvalue weighted by Gasteiger charge is -2.35. The van der Waals surface area contributed by atoms with E-state index >= 15 is 0 Å². The molecule has 1 saturated heterocycles. The highest BCUT2D eigenvalue weighted by Gasteiger charge is 2.31. The highest BCUT2D eigenvalue weighted by Crippen LogP contribution is 2.25. The van der Waals surface area contributed by atoms with E-state index < -0.39 is 12.0 Å². The number of carbonyl (C=O) groups is 1. The predicted molar refractivity (Wildman–Crippen MR) is 80.0 cm³/mol. The first-order valence-corrected chi connectivity index (χ1v) is 7.56. The van der Waals surface area contributed by atoms with Crippen LogP contribution in [0.5, 0.6) is 0 Å². The Morgan fingerprint density at radius 2 is 2.19 bits per heavy atom. The van der Waals surface area contributed by atoms with Crippen LogP contribution in [0.4, 0.5) is 0 Å². The first-order valence-electron chi connectivity index (χ1n) is 7.56. The van der Waals surface area contributed by atoms with Gasteiger partial charge in [0.1, 0.15) is 6.04 Å². The largest absolute Gasteiger partial charge is 0.480 e. The summed E-state index contributed by atoms with van der Waals surface area (Å²) >= 11 is 0. The van der Waals surface area contributed by atoms with Crippen LogP contribution in [0, 0.1) is 5.92 Å². The van der Waals surface area contributed by atoms with E-state index in [2.05, 4.69) is 18.8 Å². The molecule has 1 N–H and O–H groups in total. The molecule has 5 nitrogen and oxygen atoms in total. The summed E-state index contributed by atoms with van der Waals surface area (Å²) < 4.78 is 5.85. The summed E-state index contributed by atoms with van der Waals surface area (Å²) in [4.78, 5) is 17.6. The summed E-state index contributed by atoms with van der Waals surface area (Å²) in [5.41, 5.74) is 0.742. The number of pyridine rings is 1. The van der Waals surface area contributed by atoms with E-state index in [1.807, 2.05) is 11.0 Å². The highest BCUT2D eigenvalue weighted by molar-refractivity contribution is 5.75. The standard InChI is InChI=1S/C16H24N2O3/c1-12(2)11-21-14-5-8-18(9-6-14)15(16(19)20)13-4-3-7-17-10-13/h3-4,7,10,12,14-15H,5-6,8-9,11H2,1-2H3,(H,19,20). The van der Waals surface area contributed by atoms with Gasteiger partial charge in [-0.1, -0.05) is 19.9 Å². The minimum absolute atomic E-state index is 0.256. The van der Waals surface area contributed by atoms with Crippen LogP contribution in [-0.4, -0.2) is 46.8 Å². The molecule has 5 heteroatoms. The van der Waals surface area contributed by atoms with Crippen molar-refractivity contribution in [2.45, 2.75) is 38.8 Å². The van der Waals surface area contributed by atoms with E-state index in [0.717, 1.165) is 38.1 Å². The van der Waals surface area contributed by atoms with Crippen LogP contribution in [0.15, 0.2) is 24.5 Å². The Labute approximate surface area is 125 Å². The summed E-state index contributed by atoms with van der Waals surface area (Å²) in [6.07, 6.45) is 5.33. The molecular weight excluding hydrogens is 268 g/mol. The van der Waals surface area contributed by atoms with E-state index in [0.29, 0.717) is 5.92 Å². The van der Waals surface area contributed by atoms with Gasteiger partial charge in [0.25, 0.3) is 0 Å².